The lowest BCUT2D eigenvalue weighted by Crippen LogP contribution is -2.22. The maximum absolute atomic E-state index is 10.7. The lowest BCUT2D eigenvalue weighted by molar-refractivity contribution is 0.0456. The smallest absolute Gasteiger partial charge is 0.0843 e. The fraction of sp³-hybridized carbons (Fsp3) is 0.667. The zero-order valence-electron chi connectivity index (χ0n) is 13.6. The predicted octanol–water partition coefficient (Wildman–Crippen LogP) is 5.40. The van der Waals surface area contributed by atoms with Crippen molar-refractivity contribution in [3.63, 3.8) is 0 Å². The monoisotopic (exact) mass is 262 g/mol. The summed E-state index contributed by atoms with van der Waals surface area (Å²) in [4.78, 5) is 0. The molecule has 0 aliphatic rings. The summed E-state index contributed by atoms with van der Waals surface area (Å²) in [7, 11) is 0. The van der Waals surface area contributed by atoms with Crippen molar-refractivity contribution in [2.45, 2.75) is 72.8 Å². The van der Waals surface area contributed by atoms with Crippen molar-refractivity contribution in [3.8, 4) is 0 Å². The fourth-order valence-corrected chi connectivity index (χ4v) is 2.32. The summed E-state index contributed by atoms with van der Waals surface area (Å²) >= 11 is 0. The topological polar surface area (TPSA) is 20.2 Å². The Morgan fingerprint density at radius 2 is 1.58 bits per heavy atom. The van der Waals surface area contributed by atoms with E-state index in [1.807, 2.05) is 0 Å². The van der Waals surface area contributed by atoms with Crippen molar-refractivity contribution in [1.82, 2.24) is 0 Å². The molecule has 0 spiro atoms. The van der Waals surface area contributed by atoms with Crippen LogP contribution in [0.3, 0.4) is 0 Å². The molecule has 1 aromatic carbocycles. The van der Waals surface area contributed by atoms with E-state index < -0.39 is 6.10 Å². The number of rotatable bonds is 5. The summed E-state index contributed by atoms with van der Waals surface area (Å²) in [5.41, 5.74) is 3.67. The minimum atomic E-state index is -0.392. The average molecular weight is 262 g/mol. The molecule has 1 atom stereocenters. The van der Waals surface area contributed by atoms with Crippen LogP contribution in [0.4, 0.5) is 0 Å². The molecule has 19 heavy (non-hydrogen) atoms. The highest BCUT2D eigenvalue weighted by Gasteiger charge is 2.29. The van der Waals surface area contributed by atoms with Crippen LogP contribution in [-0.4, -0.2) is 5.11 Å². The van der Waals surface area contributed by atoms with Crippen LogP contribution < -0.4 is 0 Å². The number of aliphatic hydroxyl groups is 1. The van der Waals surface area contributed by atoms with Gasteiger partial charge in [-0.05, 0) is 40.4 Å². The molecule has 108 valence electrons. The summed E-state index contributed by atoms with van der Waals surface area (Å²) in [6, 6.07) is 6.58. The molecule has 1 aromatic rings. The molecule has 1 unspecified atom stereocenters. The Labute approximate surface area is 119 Å². The first-order chi connectivity index (χ1) is 8.70. The van der Waals surface area contributed by atoms with Crippen molar-refractivity contribution < 1.29 is 5.11 Å². The second kappa shape index (κ2) is 6.09. The highest BCUT2D eigenvalue weighted by molar-refractivity contribution is 5.37. The van der Waals surface area contributed by atoms with Crippen LogP contribution in [0.2, 0.25) is 0 Å². The number of hydrogen-bond acceptors (Lipinski definition) is 1. The molecule has 1 N–H and O–H groups in total. The van der Waals surface area contributed by atoms with Gasteiger partial charge in [0.2, 0.25) is 0 Å². The first-order valence-electron chi connectivity index (χ1n) is 7.52. The van der Waals surface area contributed by atoms with E-state index in [0.717, 1.165) is 12.0 Å². The molecule has 0 aromatic heterocycles. The molecular weight excluding hydrogens is 232 g/mol. The second-order valence-corrected chi connectivity index (χ2v) is 6.94. The summed E-state index contributed by atoms with van der Waals surface area (Å²) in [5, 5.41) is 10.7. The number of hydrogen-bond donors (Lipinski definition) is 1. The van der Waals surface area contributed by atoms with Crippen LogP contribution in [0.15, 0.2) is 18.2 Å². The van der Waals surface area contributed by atoms with Gasteiger partial charge in [0.25, 0.3) is 0 Å². The summed E-state index contributed by atoms with van der Waals surface area (Å²) < 4.78 is 0. The molecule has 0 saturated heterocycles. The van der Waals surface area contributed by atoms with Crippen molar-refractivity contribution in [1.29, 1.82) is 0 Å². The van der Waals surface area contributed by atoms with Gasteiger partial charge in [0.05, 0.1) is 6.10 Å². The Hall–Kier alpha value is -0.820. The minimum Gasteiger partial charge on any atom is -0.388 e. The molecule has 0 fully saturated rings. The lowest BCUT2D eigenvalue weighted by atomic mass is 9.77. The quantitative estimate of drug-likeness (QED) is 0.753. The Balaban J connectivity index is 3.28. The molecule has 0 aliphatic heterocycles. The van der Waals surface area contributed by atoms with Gasteiger partial charge >= 0.3 is 0 Å². The van der Waals surface area contributed by atoms with E-state index in [9.17, 15) is 5.11 Å². The Morgan fingerprint density at radius 1 is 1.00 bits per heavy atom. The summed E-state index contributed by atoms with van der Waals surface area (Å²) in [5.74, 6) is 0.971. The SMILES string of the molecule is CCC(C)(C)C(O)c1ccc(C(C)C)cc1C(C)C. The van der Waals surface area contributed by atoms with Crippen molar-refractivity contribution in [2.24, 2.45) is 5.41 Å². The summed E-state index contributed by atoms with van der Waals surface area (Å²) in [6.45, 7) is 15.2. The van der Waals surface area contributed by atoms with Gasteiger partial charge in [0.15, 0.2) is 0 Å². The lowest BCUT2D eigenvalue weighted by Gasteiger charge is -2.32. The Morgan fingerprint density at radius 3 is 2.00 bits per heavy atom. The van der Waals surface area contributed by atoms with Crippen LogP contribution in [0.25, 0.3) is 0 Å². The van der Waals surface area contributed by atoms with Gasteiger partial charge in [-0.1, -0.05) is 66.7 Å². The van der Waals surface area contributed by atoms with Crippen molar-refractivity contribution in [3.05, 3.63) is 34.9 Å². The third-order valence-corrected chi connectivity index (χ3v) is 4.35. The Kier molecular flexibility index (Phi) is 5.20. The maximum atomic E-state index is 10.7. The maximum Gasteiger partial charge on any atom is 0.0843 e. The van der Waals surface area contributed by atoms with Crippen LogP contribution in [-0.2, 0) is 0 Å². The third kappa shape index (κ3) is 3.60. The van der Waals surface area contributed by atoms with Gasteiger partial charge in [0, 0.05) is 0 Å². The molecule has 1 heteroatoms. The first kappa shape index (κ1) is 16.2. The van der Waals surface area contributed by atoms with E-state index in [-0.39, 0.29) is 5.41 Å². The average Bonchev–Trinajstić information content (AvgIpc) is 2.36. The summed E-state index contributed by atoms with van der Waals surface area (Å²) in [6.07, 6.45) is 0.577. The van der Waals surface area contributed by atoms with Crippen molar-refractivity contribution >= 4 is 0 Å². The van der Waals surface area contributed by atoms with Crippen LogP contribution in [0.1, 0.15) is 89.5 Å². The van der Waals surface area contributed by atoms with Gasteiger partial charge in [-0.15, -0.1) is 0 Å². The van der Waals surface area contributed by atoms with Gasteiger partial charge in [-0.25, -0.2) is 0 Å². The van der Waals surface area contributed by atoms with E-state index in [0.29, 0.717) is 11.8 Å². The second-order valence-electron chi connectivity index (χ2n) is 6.94. The van der Waals surface area contributed by atoms with E-state index >= 15 is 0 Å². The zero-order chi connectivity index (χ0) is 14.8. The first-order valence-corrected chi connectivity index (χ1v) is 7.52. The highest BCUT2D eigenvalue weighted by atomic mass is 16.3. The molecule has 0 saturated carbocycles. The van der Waals surface area contributed by atoms with E-state index in [4.69, 9.17) is 0 Å². The number of benzene rings is 1. The third-order valence-electron chi connectivity index (χ3n) is 4.35. The highest BCUT2D eigenvalue weighted by Crippen LogP contribution is 2.39. The molecular formula is C18H30O. The predicted molar refractivity (Wildman–Crippen MR) is 83.7 cm³/mol. The molecule has 0 radical (unpaired) electrons. The van der Waals surface area contributed by atoms with Gasteiger partial charge < -0.3 is 5.11 Å². The zero-order valence-corrected chi connectivity index (χ0v) is 13.6. The fourth-order valence-electron chi connectivity index (χ4n) is 2.32. The number of aliphatic hydroxyl groups excluding tert-OH is 1. The minimum absolute atomic E-state index is 0.0804. The van der Waals surface area contributed by atoms with Crippen LogP contribution in [0, 0.1) is 5.41 Å². The largest absolute Gasteiger partial charge is 0.388 e. The van der Waals surface area contributed by atoms with Gasteiger partial charge in [-0.3, -0.25) is 0 Å². The molecule has 0 amide bonds. The van der Waals surface area contributed by atoms with Gasteiger partial charge in [-0.2, -0.15) is 0 Å². The molecule has 0 bridgehead atoms. The molecule has 0 aliphatic carbocycles. The van der Waals surface area contributed by atoms with Crippen LogP contribution >= 0.6 is 0 Å². The van der Waals surface area contributed by atoms with Crippen LogP contribution in [0.5, 0.6) is 0 Å². The standard InChI is InChI=1S/C18H30O/c1-8-18(6,7)17(19)15-10-9-14(12(2)3)11-16(15)13(4)5/h9-13,17,19H,8H2,1-7H3. The van der Waals surface area contributed by atoms with Crippen molar-refractivity contribution in [2.75, 3.05) is 0 Å². The molecule has 1 rings (SSSR count). The van der Waals surface area contributed by atoms with Gasteiger partial charge in [0.1, 0.15) is 0 Å². The van der Waals surface area contributed by atoms with E-state index in [2.05, 4.69) is 66.7 Å². The molecule has 0 heterocycles. The molecule has 1 nitrogen and oxygen atoms in total. The van der Waals surface area contributed by atoms with E-state index in [1.165, 1.54) is 11.1 Å². The Bertz CT molecular complexity index is 416. The normalized spacial score (nSPS) is 14.2. The van der Waals surface area contributed by atoms with E-state index in [1.54, 1.807) is 0 Å².